The van der Waals surface area contributed by atoms with Crippen LogP contribution in [0.3, 0.4) is 0 Å². The van der Waals surface area contributed by atoms with Gasteiger partial charge in [0.15, 0.2) is 18.1 Å². The van der Waals surface area contributed by atoms with Crippen LogP contribution in [0.4, 0.5) is 0 Å². The van der Waals surface area contributed by atoms with Gasteiger partial charge in [-0.15, -0.1) is 11.3 Å². The Morgan fingerprint density at radius 1 is 0.857 bits per heavy atom. The fourth-order valence-electron chi connectivity index (χ4n) is 4.72. The number of nitrogens with zero attached hydrogens (tertiary/aromatic N) is 1. The van der Waals surface area contributed by atoms with E-state index in [9.17, 15) is 9.59 Å². The summed E-state index contributed by atoms with van der Waals surface area (Å²) in [5, 5.41) is 0. The van der Waals surface area contributed by atoms with Crippen LogP contribution in [0.2, 0.25) is 0 Å². The van der Waals surface area contributed by atoms with E-state index in [2.05, 4.69) is 6.07 Å². The van der Waals surface area contributed by atoms with E-state index in [1.807, 2.05) is 30.3 Å². The maximum absolute atomic E-state index is 12.8. The minimum absolute atomic E-state index is 0.211. The van der Waals surface area contributed by atoms with Crippen molar-refractivity contribution in [2.45, 2.75) is 25.8 Å². The summed E-state index contributed by atoms with van der Waals surface area (Å²) in [5.41, 5.74) is 5.63. The Morgan fingerprint density at radius 3 is 2.34 bits per heavy atom. The van der Waals surface area contributed by atoms with Crippen molar-refractivity contribution in [1.82, 2.24) is 4.90 Å². The molecule has 35 heavy (non-hydrogen) atoms. The summed E-state index contributed by atoms with van der Waals surface area (Å²) in [7, 11) is 4.86. The van der Waals surface area contributed by atoms with Gasteiger partial charge in [0.1, 0.15) is 10.6 Å². The van der Waals surface area contributed by atoms with Gasteiger partial charge < -0.3 is 23.8 Å². The zero-order chi connectivity index (χ0) is 24.5. The fourth-order valence-corrected chi connectivity index (χ4v) is 5.89. The van der Waals surface area contributed by atoms with Gasteiger partial charge in [-0.1, -0.05) is 0 Å². The summed E-state index contributed by atoms with van der Waals surface area (Å²) in [6.45, 7) is 0.726. The molecular weight excluding hydrogens is 466 g/mol. The van der Waals surface area contributed by atoms with Crippen molar-refractivity contribution in [1.29, 1.82) is 0 Å². The predicted octanol–water partition coefficient (Wildman–Crippen LogP) is 4.28. The van der Waals surface area contributed by atoms with E-state index in [4.69, 9.17) is 18.9 Å². The van der Waals surface area contributed by atoms with E-state index in [0.29, 0.717) is 35.9 Å². The van der Waals surface area contributed by atoms with Crippen molar-refractivity contribution in [3.63, 3.8) is 0 Å². The monoisotopic (exact) mass is 493 g/mol. The maximum atomic E-state index is 12.8. The minimum Gasteiger partial charge on any atom is -0.497 e. The molecule has 1 aromatic heterocycles. The van der Waals surface area contributed by atoms with E-state index in [1.54, 1.807) is 26.2 Å². The first-order valence-corrected chi connectivity index (χ1v) is 12.3. The quantitative estimate of drug-likeness (QED) is 0.477. The van der Waals surface area contributed by atoms with E-state index in [1.165, 1.54) is 16.9 Å². The fraction of sp³-hybridized carbons (Fsp3) is 0.333. The highest BCUT2D eigenvalue weighted by Gasteiger charge is 2.26. The van der Waals surface area contributed by atoms with Crippen molar-refractivity contribution >= 4 is 23.2 Å². The molecule has 0 N–H and O–H groups in total. The summed E-state index contributed by atoms with van der Waals surface area (Å²) < 4.78 is 21.5. The first-order chi connectivity index (χ1) is 17.0. The van der Waals surface area contributed by atoms with Crippen LogP contribution in [0.5, 0.6) is 17.2 Å². The summed E-state index contributed by atoms with van der Waals surface area (Å²) in [6, 6.07) is 11.8. The summed E-state index contributed by atoms with van der Waals surface area (Å²) in [5.74, 6) is 1.48. The van der Waals surface area contributed by atoms with Crippen molar-refractivity contribution in [3.8, 4) is 27.7 Å². The molecule has 0 radical (unpaired) electrons. The molecule has 0 atom stereocenters. The van der Waals surface area contributed by atoms with E-state index in [-0.39, 0.29) is 12.5 Å². The summed E-state index contributed by atoms with van der Waals surface area (Å²) in [6.07, 6.45) is 2.47. The summed E-state index contributed by atoms with van der Waals surface area (Å²) in [4.78, 5) is 28.9. The lowest BCUT2D eigenvalue weighted by molar-refractivity contribution is -0.135. The number of carbonyl (C=O) groups is 2. The van der Waals surface area contributed by atoms with Crippen molar-refractivity contribution < 1.29 is 28.5 Å². The van der Waals surface area contributed by atoms with Gasteiger partial charge in [-0.05, 0) is 83.5 Å². The van der Waals surface area contributed by atoms with Crippen LogP contribution >= 0.6 is 11.3 Å². The van der Waals surface area contributed by atoms with Crippen LogP contribution in [-0.4, -0.2) is 51.3 Å². The number of ether oxygens (including phenoxy) is 4. The van der Waals surface area contributed by atoms with E-state index >= 15 is 0 Å². The van der Waals surface area contributed by atoms with Gasteiger partial charge in [0.25, 0.3) is 5.91 Å². The SMILES string of the molecule is COc1ccc2c(c1)CCc1cc(C(=O)OCC(=O)N3CCc4cc(OC)c(OC)cc4C3)sc1-2. The highest BCUT2D eigenvalue weighted by Crippen LogP contribution is 2.41. The molecule has 1 amide bonds. The Bertz CT molecular complexity index is 1300. The second-order valence-electron chi connectivity index (χ2n) is 8.61. The van der Waals surface area contributed by atoms with Crippen LogP contribution in [-0.2, 0) is 35.3 Å². The molecule has 8 heteroatoms. The van der Waals surface area contributed by atoms with Crippen LogP contribution in [0.1, 0.15) is 31.9 Å². The molecule has 7 nitrogen and oxygen atoms in total. The largest absolute Gasteiger partial charge is 0.497 e. The molecule has 0 saturated heterocycles. The number of rotatable bonds is 6. The molecule has 2 aliphatic rings. The Labute approximate surface area is 208 Å². The Hall–Kier alpha value is -3.52. The molecule has 2 aromatic carbocycles. The topological polar surface area (TPSA) is 74.3 Å². The molecule has 5 rings (SSSR count). The van der Waals surface area contributed by atoms with E-state index in [0.717, 1.165) is 45.7 Å². The number of thiophene rings is 1. The number of hydrogen-bond donors (Lipinski definition) is 0. The van der Waals surface area contributed by atoms with Crippen molar-refractivity contribution in [2.75, 3.05) is 34.5 Å². The lowest BCUT2D eigenvalue weighted by Gasteiger charge is -2.29. The smallest absolute Gasteiger partial charge is 0.348 e. The third-order valence-corrected chi connectivity index (χ3v) is 7.82. The van der Waals surface area contributed by atoms with Gasteiger partial charge in [0.05, 0.1) is 21.3 Å². The molecule has 1 aliphatic carbocycles. The zero-order valence-corrected chi connectivity index (χ0v) is 20.8. The molecule has 0 saturated carbocycles. The number of esters is 1. The maximum Gasteiger partial charge on any atom is 0.348 e. The summed E-state index contributed by atoms with van der Waals surface area (Å²) >= 11 is 1.42. The molecule has 1 aliphatic heterocycles. The Balaban J connectivity index is 1.24. The van der Waals surface area contributed by atoms with Gasteiger partial charge in [0, 0.05) is 18.0 Å². The number of carbonyl (C=O) groups excluding carboxylic acids is 2. The third-order valence-electron chi connectivity index (χ3n) is 6.63. The van der Waals surface area contributed by atoms with Crippen molar-refractivity contribution in [2.24, 2.45) is 0 Å². The van der Waals surface area contributed by atoms with Gasteiger partial charge in [-0.25, -0.2) is 4.79 Å². The molecule has 0 fully saturated rings. The number of methoxy groups -OCH3 is 3. The lowest BCUT2D eigenvalue weighted by atomic mass is 9.91. The highest BCUT2D eigenvalue weighted by molar-refractivity contribution is 7.17. The zero-order valence-electron chi connectivity index (χ0n) is 20.0. The molecule has 2 heterocycles. The second kappa shape index (κ2) is 9.62. The number of aryl methyl sites for hydroxylation is 2. The first-order valence-electron chi connectivity index (χ1n) is 11.5. The second-order valence-corrected chi connectivity index (χ2v) is 9.66. The van der Waals surface area contributed by atoms with Crippen LogP contribution in [0.25, 0.3) is 10.4 Å². The first kappa shape index (κ1) is 23.2. The number of hydrogen-bond acceptors (Lipinski definition) is 7. The van der Waals surface area contributed by atoms with Crippen LogP contribution in [0, 0.1) is 0 Å². The Kier molecular flexibility index (Phi) is 6.38. The van der Waals surface area contributed by atoms with Crippen LogP contribution in [0.15, 0.2) is 36.4 Å². The van der Waals surface area contributed by atoms with Gasteiger partial charge in [0.2, 0.25) is 0 Å². The molecular formula is C27H27NO6S. The van der Waals surface area contributed by atoms with Gasteiger partial charge >= 0.3 is 5.97 Å². The average molecular weight is 494 g/mol. The standard InChI is InChI=1S/C27H27NO6S/c1-31-20-6-7-21-17(10-20)4-5-18-13-24(35-26(18)21)27(30)34-15-25(29)28-9-8-16-11-22(32-2)23(33-3)12-19(16)14-28/h6-7,10-13H,4-5,8-9,14-15H2,1-3H3. The lowest BCUT2D eigenvalue weighted by Crippen LogP contribution is -2.38. The van der Waals surface area contributed by atoms with Gasteiger partial charge in [-0.2, -0.15) is 0 Å². The number of benzene rings is 2. The van der Waals surface area contributed by atoms with Crippen molar-refractivity contribution in [3.05, 3.63) is 63.5 Å². The minimum atomic E-state index is -0.461. The third kappa shape index (κ3) is 4.46. The molecule has 182 valence electrons. The number of fused-ring (bicyclic) bond motifs is 4. The average Bonchev–Trinajstić information content (AvgIpc) is 3.35. The van der Waals surface area contributed by atoms with E-state index < -0.39 is 5.97 Å². The Morgan fingerprint density at radius 2 is 1.60 bits per heavy atom. The predicted molar refractivity (Wildman–Crippen MR) is 133 cm³/mol. The van der Waals surface area contributed by atoms with Crippen LogP contribution < -0.4 is 14.2 Å². The number of amides is 1. The molecule has 0 bridgehead atoms. The molecule has 0 spiro atoms. The normalized spacial score (nSPS) is 13.9. The molecule has 3 aromatic rings. The molecule has 0 unspecified atom stereocenters. The van der Waals surface area contributed by atoms with Gasteiger partial charge in [-0.3, -0.25) is 4.79 Å². The highest BCUT2D eigenvalue weighted by atomic mass is 32.1.